The van der Waals surface area contributed by atoms with Crippen LogP contribution in [0.15, 0.2) is 84.9 Å². The van der Waals surface area contributed by atoms with Gasteiger partial charge in [0.15, 0.2) is 0 Å². The number of benzene rings is 3. The van der Waals surface area contributed by atoms with Gasteiger partial charge in [0.05, 0.1) is 0 Å². The maximum atomic E-state index is 12.8. The Morgan fingerprint density at radius 1 is 0.750 bits per heavy atom. The molecule has 0 saturated carbocycles. The summed E-state index contributed by atoms with van der Waals surface area (Å²) in [6.45, 7) is 7.48. The summed E-state index contributed by atoms with van der Waals surface area (Å²) >= 11 is 0. The number of nitrogens with zero attached hydrogens (tertiary/aromatic N) is 2. The highest BCUT2D eigenvalue weighted by Gasteiger charge is 2.21. The van der Waals surface area contributed by atoms with E-state index in [0.717, 1.165) is 43.9 Å². The van der Waals surface area contributed by atoms with Crippen LogP contribution in [0.3, 0.4) is 0 Å². The van der Waals surface area contributed by atoms with Crippen LogP contribution in [0.1, 0.15) is 36.1 Å². The van der Waals surface area contributed by atoms with Crippen molar-refractivity contribution in [2.45, 2.75) is 19.4 Å². The highest BCUT2D eigenvalue weighted by molar-refractivity contribution is 5.64. The first-order valence-corrected chi connectivity index (χ1v) is 11.3. The smallest absolute Gasteiger partial charge is 0.263 e. The van der Waals surface area contributed by atoms with E-state index >= 15 is 0 Å². The zero-order valence-corrected chi connectivity index (χ0v) is 18.5. The van der Waals surface area contributed by atoms with Gasteiger partial charge in [0.25, 0.3) is 6.43 Å². The number of hydrogen-bond donors (Lipinski definition) is 0. The van der Waals surface area contributed by atoms with Crippen LogP contribution in [-0.2, 0) is 0 Å². The topological polar surface area (TPSA) is 6.48 Å². The Hall–Kier alpha value is -2.82. The van der Waals surface area contributed by atoms with Gasteiger partial charge in [-0.15, -0.1) is 0 Å². The van der Waals surface area contributed by atoms with Gasteiger partial charge < -0.3 is 0 Å². The van der Waals surface area contributed by atoms with Crippen LogP contribution in [-0.4, -0.2) is 42.5 Å². The highest BCUT2D eigenvalue weighted by atomic mass is 19.3. The van der Waals surface area contributed by atoms with Crippen LogP contribution < -0.4 is 0 Å². The molecule has 3 aromatic rings. The maximum Gasteiger partial charge on any atom is 0.263 e. The lowest BCUT2D eigenvalue weighted by Gasteiger charge is -2.38. The maximum absolute atomic E-state index is 12.8. The number of piperazine rings is 1. The third kappa shape index (κ3) is 5.70. The van der Waals surface area contributed by atoms with E-state index in [9.17, 15) is 8.78 Å². The van der Waals surface area contributed by atoms with Crippen LogP contribution in [0.2, 0.25) is 0 Å². The second-order valence-electron chi connectivity index (χ2n) is 8.37. The van der Waals surface area contributed by atoms with E-state index in [1.54, 1.807) is 12.1 Å². The average molecular weight is 433 g/mol. The Morgan fingerprint density at radius 2 is 1.31 bits per heavy atom. The summed E-state index contributed by atoms with van der Waals surface area (Å²) in [7, 11) is 0. The molecule has 1 saturated heterocycles. The molecule has 0 bridgehead atoms. The summed E-state index contributed by atoms with van der Waals surface area (Å²) in [6, 6.07) is 25.8. The second-order valence-corrected chi connectivity index (χ2v) is 8.37. The molecule has 0 spiro atoms. The van der Waals surface area contributed by atoms with Crippen molar-refractivity contribution >= 4 is 6.08 Å². The van der Waals surface area contributed by atoms with Crippen molar-refractivity contribution < 1.29 is 8.78 Å². The Morgan fingerprint density at radius 3 is 1.88 bits per heavy atom. The lowest BCUT2D eigenvalue weighted by atomic mass is 9.99. The van der Waals surface area contributed by atoms with Crippen molar-refractivity contribution in [2.24, 2.45) is 0 Å². The summed E-state index contributed by atoms with van der Waals surface area (Å²) < 4.78 is 25.5. The fourth-order valence-corrected chi connectivity index (χ4v) is 4.22. The van der Waals surface area contributed by atoms with E-state index in [1.165, 1.54) is 23.3 Å². The van der Waals surface area contributed by atoms with Crippen molar-refractivity contribution in [3.8, 4) is 11.1 Å². The van der Waals surface area contributed by atoms with Crippen molar-refractivity contribution in [3.05, 3.63) is 102 Å². The van der Waals surface area contributed by atoms with Crippen LogP contribution in [0.25, 0.3) is 17.2 Å². The van der Waals surface area contributed by atoms with E-state index in [-0.39, 0.29) is 5.56 Å². The number of alkyl halides is 2. The van der Waals surface area contributed by atoms with Gasteiger partial charge in [-0.1, -0.05) is 91.0 Å². The standard InChI is InChI=1S/C28H30F2N2/c1-22(24-9-11-25(12-10-24)26-13-15-27(16-14-26)28(29)30)32-20-18-31(19-21-32)17-5-8-23-6-3-2-4-7-23/h2-16,22,28H,17-21H2,1H3/b8-5+. The molecule has 1 aliphatic heterocycles. The Labute approximate surface area is 189 Å². The molecule has 1 unspecified atom stereocenters. The van der Waals surface area contributed by atoms with E-state index in [4.69, 9.17) is 0 Å². The first kappa shape index (κ1) is 22.4. The van der Waals surface area contributed by atoms with E-state index in [0.29, 0.717) is 6.04 Å². The molecule has 0 aliphatic carbocycles. The van der Waals surface area contributed by atoms with Gasteiger partial charge >= 0.3 is 0 Å². The van der Waals surface area contributed by atoms with Gasteiger partial charge in [-0.25, -0.2) is 8.78 Å². The Bertz CT molecular complexity index is 990. The summed E-state index contributed by atoms with van der Waals surface area (Å²) in [4.78, 5) is 5.03. The van der Waals surface area contributed by atoms with Crippen molar-refractivity contribution in [2.75, 3.05) is 32.7 Å². The average Bonchev–Trinajstić information content (AvgIpc) is 2.85. The fraction of sp³-hybridized carbons (Fsp3) is 0.286. The molecule has 0 N–H and O–H groups in total. The molecule has 3 aromatic carbocycles. The Kier molecular flexibility index (Phi) is 7.46. The first-order chi connectivity index (χ1) is 15.6. The van der Waals surface area contributed by atoms with Crippen LogP contribution in [0, 0.1) is 0 Å². The number of rotatable bonds is 7. The fourth-order valence-electron chi connectivity index (χ4n) is 4.22. The lowest BCUT2D eigenvalue weighted by molar-refractivity contribution is 0.110. The predicted molar refractivity (Wildman–Crippen MR) is 129 cm³/mol. The molecular weight excluding hydrogens is 402 g/mol. The predicted octanol–water partition coefficient (Wildman–Crippen LogP) is 6.68. The minimum absolute atomic E-state index is 0.0636. The van der Waals surface area contributed by atoms with Gasteiger partial charge in [-0.2, -0.15) is 0 Å². The van der Waals surface area contributed by atoms with Crippen molar-refractivity contribution in [3.63, 3.8) is 0 Å². The summed E-state index contributed by atoms with van der Waals surface area (Å²) in [5.41, 5.74) is 4.61. The normalized spacial score (nSPS) is 16.6. The van der Waals surface area contributed by atoms with E-state index < -0.39 is 6.43 Å². The zero-order chi connectivity index (χ0) is 22.3. The second kappa shape index (κ2) is 10.7. The molecule has 0 aromatic heterocycles. The van der Waals surface area contributed by atoms with Crippen molar-refractivity contribution in [1.29, 1.82) is 0 Å². The lowest BCUT2D eigenvalue weighted by Crippen LogP contribution is -2.47. The summed E-state index contributed by atoms with van der Waals surface area (Å²) in [6.07, 6.45) is 2.02. The molecule has 1 atom stereocenters. The molecule has 1 heterocycles. The van der Waals surface area contributed by atoms with Crippen LogP contribution >= 0.6 is 0 Å². The molecule has 166 valence electrons. The minimum atomic E-state index is -2.42. The van der Waals surface area contributed by atoms with Gasteiger partial charge in [0.1, 0.15) is 0 Å². The third-order valence-electron chi connectivity index (χ3n) is 6.32. The van der Waals surface area contributed by atoms with Gasteiger partial charge in [0, 0.05) is 44.3 Å². The van der Waals surface area contributed by atoms with Crippen LogP contribution in [0.4, 0.5) is 8.78 Å². The Balaban J connectivity index is 1.29. The highest BCUT2D eigenvalue weighted by Crippen LogP contribution is 2.27. The van der Waals surface area contributed by atoms with E-state index in [2.05, 4.69) is 77.4 Å². The minimum Gasteiger partial charge on any atom is -0.297 e. The molecule has 2 nitrogen and oxygen atoms in total. The molecule has 0 amide bonds. The molecule has 1 aliphatic rings. The molecule has 0 radical (unpaired) electrons. The largest absolute Gasteiger partial charge is 0.297 e. The van der Waals surface area contributed by atoms with Crippen LogP contribution in [0.5, 0.6) is 0 Å². The molecule has 32 heavy (non-hydrogen) atoms. The third-order valence-corrected chi connectivity index (χ3v) is 6.32. The van der Waals surface area contributed by atoms with Gasteiger partial charge in [-0.05, 0) is 29.2 Å². The van der Waals surface area contributed by atoms with Gasteiger partial charge in [-0.3, -0.25) is 9.80 Å². The SMILES string of the molecule is CC(c1ccc(-c2ccc(C(F)F)cc2)cc1)N1CCN(C/C=C/c2ccccc2)CC1. The summed E-state index contributed by atoms with van der Waals surface area (Å²) in [5, 5.41) is 0. The summed E-state index contributed by atoms with van der Waals surface area (Å²) in [5.74, 6) is 0. The first-order valence-electron chi connectivity index (χ1n) is 11.3. The monoisotopic (exact) mass is 432 g/mol. The number of halogens is 2. The number of hydrogen-bond acceptors (Lipinski definition) is 2. The molecule has 1 fully saturated rings. The van der Waals surface area contributed by atoms with E-state index in [1.807, 2.05) is 6.07 Å². The zero-order valence-electron chi connectivity index (χ0n) is 18.5. The molecular formula is C28H30F2N2. The molecule has 4 rings (SSSR count). The van der Waals surface area contributed by atoms with Crippen molar-refractivity contribution in [1.82, 2.24) is 9.80 Å². The quantitative estimate of drug-likeness (QED) is 0.411. The van der Waals surface area contributed by atoms with Gasteiger partial charge in [0.2, 0.25) is 0 Å². The molecule has 4 heteroatoms.